The van der Waals surface area contributed by atoms with Gasteiger partial charge in [-0.15, -0.1) is 0 Å². The Balaban J connectivity index is 2.24. The maximum absolute atomic E-state index is 12.3. The summed E-state index contributed by atoms with van der Waals surface area (Å²) in [6, 6.07) is 6.91. The van der Waals surface area contributed by atoms with E-state index in [1.807, 2.05) is 19.9 Å². The number of thioether (sulfide) groups is 1. The molecule has 1 aromatic heterocycles. The van der Waals surface area contributed by atoms with Crippen LogP contribution < -0.4 is 9.47 Å². The predicted octanol–water partition coefficient (Wildman–Crippen LogP) is 3.04. The number of ether oxygens (including phenoxy) is 2. The van der Waals surface area contributed by atoms with Crippen LogP contribution >= 0.6 is 11.8 Å². The molecule has 1 aromatic carbocycles. The SMILES string of the molecule is COc1ccc(C(=O)Sc2nc(C)cc(C)n2)cc1OC. The van der Waals surface area contributed by atoms with Crippen LogP contribution in [0.3, 0.4) is 0 Å². The maximum atomic E-state index is 12.3. The Labute approximate surface area is 127 Å². The number of hydrogen-bond donors (Lipinski definition) is 0. The first kappa shape index (κ1) is 15.3. The van der Waals surface area contributed by atoms with Gasteiger partial charge in [0, 0.05) is 17.0 Å². The molecule has 0 N–H and O–H groups in total. The number of carbonyl (C=O) groups excluding carboxylic acids is 1. The molecule has 0 aliphatic rings. The first-order chi connectivity index (χ1) is 10.0. The van der Waals surface area contributed by atoms with Gasteiger partial charge >= 0.3 is 0 Å². The summed E-state index contributed by atoms with van der Waals surface area (Å²) in [5.74, 6) is 1.10. The number of methoxy groups -OCH3 is 2. The van der Waals surface area contributed by atoms with Crippen molar-refractivity contribution in [3.8, 4) is 11.5 Å². The van der Waals surface area contributed by atoms with Crippen molar-refractivity contribution in [2.75, 3.05) is 14.2 Å². The summed E-state index contributed by atoms with van der Waals surface area (Å²) in [4.78, 5) is 20.8. The second-order valence-electron chi connectivity index (χ2n) is 4.39. The number of aryl methyl sites for hydroxylation is 2. The molecule has 110 valence electrons. The minimum Gasteiger partial charge on any atom is -0.493 e. The highest BCUT2D eigenvalue weighted by Crippen LogP contribution is 2.30. The molecule has 0 aliphatic carbocycles. The van der Waals surface area contributed by atoms with Crippen molar-refractivity contribution in [3.63, 3.8) is 0 Å². The van der Waals surface area contributed by atoms with Crippen LogP contribution in [0.4, 0.5) is 0 Å². The maximum Gasteiger partial charge on any atom is 0.227 e. The van der Waals surface area contributed by atoms with Gasteiger partial charge in [-0.25, -0.2) is 9.97 Å². The van der Waals surface area contributed by atoms with E-state index in [1.165, 1.54) is 7.11 Å². The molecular weight excluding hydrogens is 288 g/mol. The Morgan fingerprint density at radius 3 is 2.19 bits per heavy atom. The number of carbonyl (C=O) groups is 1. The Kier molecular flexibility index (Phi) is 4.80. The quantitative estimate of drug-likeness (QED) is 0.639. The Bertz CT molecular complexity index is 654. The van der Waals surface area contributed by atoms with Gasteiger partial charge in [0.05, 0.1) is 14.2 Å². The number of benzene rings is 1. The molecule has 2 rings (SSSR count). The van der Waals surface area contributed by atoms with Crippen molar-refractivity contribution in [2.45, 2.75) is 19.0 Å². The summed E-state index contributed by atoms with van der Waals surface area (Å²) in [6.45, 7) is 3.75. The van der Waals surface area contributed by atoms with E-state index in [0.29, 0.717) is 22.2 Å². The lowest BCUT2D eigenvalue weighted by atomic mass is 10.2. The third-order valence-electron chi connectivity index (χ3n) is 2.76. The largest absolute Gasteiger partial charge is 0.493 e. The van der Waals surface area contributed by atoms with Crippen LogP contribution in [0.25, 0.3) is 0 Å². The van der Waals surface area contributed by atoms with E-state index in [1.54, 1.807) is 25.3 Å². The van der Waals surface area contributed by atoms with Gasteiger partial charge in [0.1, 0.15) is 0 Å². The zero-order valence-corrected chi connectivity index (χ0v) is 13.2. The van der Waals surface area contributed by atoms with Crippen LogP contribution in [0, 0.1) is 13.8 Å². The Hall–Kier alpha value is -2.08. The molecule has 0 atom stereocenters. The highest BCUT2D eigenvalue weighted by Gasteiger charge is 2.14. The first-order valence-electron chi connectivity index (χ1n) is 6.30. The Morgan fingerprint density at radius 1 is 1.00 bits per heavy atom. The van der Waals surface area contributed by atoms with Crippen molar-refractivity contribution in [1.82, 2.24) is 9.97 Å². The number of rotatable bonds is 4. The lowest BCUT2D eigenvalue weighted by Gasteiger charge is -2.08. The molecule has 0 fully saturated rings. The second-order valence-corrected chi connectivity index (χ2v) is 5.33. The van der Waals surface area contributed by atoms with Crippen LogP contribution in [0.1, 0.15) is 21.7 Å². The molecule has 0 aliphatic heterocycles. The topological polar surface area (TPSA) is 61.3 Å². The first-order valence-corrected chi connectivity index (χ1v) is 7.11. The molecule has 0 radical (unpaired) electrons. The minimum absolute atomic E-state index is 0.138. The second kappa shape index (κ2) is 6.58. The summed E-state index contributed by atoms with van der Waals surface area (Å²) in [7, 11) is 3.09. The van der Waals surface area contributed by atoms with Crippen LogP contribution in [0.5, 0.6) is 11.5 Å². The average Bonchev–Trinajstić information content (AvgIpc) is 2.45. The predicted molar refractivity (Wildman–Crippen MR) is 81.2 cm³/mol. The van der Waals surface area contributed by atoms with Gasteiger partial charge in [-0.1, -0.05) is 0 Å². The number of hydrogen-bond acceptors (Lipinski definition) is 6. The Morgan fingerprint density at radius 2 is 1.62 bits per heavy atom. The van der Waals surface area contributed by atoms with E-state index in [4.69, 9.17) is 9.47 Å². The van der Waals surface area contributed by atoms with Gasteiger partial charge in [0.15, 0.2) is 16.7 Å². The van der Waals surface area contributed by atoms with E-state index in [2.05, 4.69) is 9.97 Å². The molecule has 21 heavy (non-hydrogen) atoms. The van der Waals surface area contributed by atoms with Crippen molar-refractivity contribution < 1.29 is 14.3 Å². The van der Waals surface area contributed by atoms with E-state index < -0.39 is 0 Å². The molecule has 5 nitrogen and oxygen atoms in total. The van der Waals surface area contributed by atoms with Gasteiger partial charge in [-0.3, -0.25) is 4.79 Å². The van der Waals surface area contributed by atoms with Crippen LogP contribution in [0.15, 0.2) is 29.4 Å². The van der Waals surface area contributed by atoms with Crippen molar-refractivity contribution in [2.24, 2.45) is 0 Å². The summed E-state index contributed by atoms with van der Waals surface area (Å²) in [5, 5.41) is 0.313. The lowest BCUT2D eigenvalue weighted by Crippen LogP contribution is -2.00. The zero-order valence-electron chi connectivity index (χ0n) is 12.3. The molecular formula is C15H16N2O3S. The van der Waals surface area contributed by atoms with Gasteiger partial charge in [0.25, 0.3) is 0 Å². The van der Waals surface area contributed by atoms with E-state index in [-0.39, 0.29) is 5.12 Å². The number of nitrogens with zero attached hydrogens (tertiary/aromatic N) is 2. The highest BCUT2D eigenvalue weighted by molar-refractivity contribution is 8.14. The molecule has 0 saturated heterocycles. The lowest BCUT2D eigenvalue weighted by molar-refractivity contribution is 0.108. The van der Waals surface area contributed by atoms with Gasteiger partial charge < -0.3 is 9.47 Å². The van der Waals surface area contributed by atoms with Crippen LogP contribution in [-0.4, -0.2) is 29.3 Å². The molecule has 0 saturated carbocycles. The monoisotopic (exact) mass is 304 g/mol. The fraction of sp³-hybridized carbons (Fsp3) is 0.267. The standard InChI is InChI=1S/C15H16N2O3S/c1-9-7-10(2)17-15(16-9)21-14(18)11-5-6-12(19-3)13(8-11)20-4/h5-8H,1-4H3. The van der Waals surface area contributed by atoms with Crippen LogP contribution in [0.2, 0.25) is 0 Å². The molecule has 1 heterocycles. The van der Waals surface area contributed by atoms with Crippen LogP contribution in [-0.2, 0) is 0 Å². The summed E-state index contributed by atoms with van der Waals surface area (Å²) in [6.07, 6.45) is 0. The smallest absolute Gasteiger partial charge is 0.227 e. The number of aromatic nitrogens is 2. The third kappa shape index (κ3) is 3.72. The van der Waals surface area contributed by atoms with Gasteiger partial charge in [-0.05, 0) is 49.9 Å². The minimum atomic E-state index is -0.138. The van der Waals surface area contributed by atoms with Gasteiger partial charge in [0.2, 0.25) is 5.12 Å². The van der Waals surface area contributed by atoms with E-state index >= 15 is 0 Å². The molecule has 2 aromatic rings. The summed E-state index contributed by atoms with van der Waals surface area (Å²) in [5.41, 5.74) is 2.19. The van der Waals surface area contributed by atoms with Crippen molar-refractivity contribution in [3.05, 3.63) is 41.2 Å². The molecule has 6 heteroatoms. The van der Waals surface area contributed by atoms with Crippen molar-refractivity contribution >= 4 is 16.9 Å². The molecule has 0 spiro atoms. The summed E-state index contributed by atoms with van der Waals surface area (Å²) < 4.78 is 10.4. The molecule has 0 unspecified atom stereocenters. The fourth-order valence-electron chi connectivity index (χ4n) is 1.84. The third-order valence-corrected chi connectivity index (χ3v) is 3.55. The van der Waals surface area contributed by atoms with Crippen molar-refractivity contribution in [1.29, 1.82) is 0 Å². The van der Waals surface area contributed by atoms with E-state index in [9.17, 15) is 4.79 Å². The van der Waals surface area contributed by atoms with E-state index in [0.717, 1.165) is 23.1 Å². The molecule has 0 bridgehead atoms. The highest BCUT2D eigenvalue weighted by atomic mass is 32.2. The average molecular weight is 304 g/mol. The fourth-order valence-corrected chi connectivity index (χ4v) is 2.63. The van der Waals surface area contributed by atoms with Gasteiger partial charge in [-0.2, -0.15) is 0 Å². The normalized spacial score (nSPS) is 10.3. The zero-order chi connectivity index (χ0) is 15.4. The molecule has 0 amide bonds. The summed E-state index contributed by atoms with van der Waals surface area (Å²) >= 11 is 1.00.